The highest BCUT2D eigenvalue weighted by Gasteiger charge is 2.12. The highest BCUT2D eigenvalue weighted by molar-refractivity contribution is 6.30. The summed E-state index contributed by atoms with van der Waals surface area (Å²) in [5, 5.41) is 6.85. The van der Waals surface area contributed by atoms with Crippen LogP contribution in [0.3, 0.4) is 0 Å². The fourth-order valence-electron chi connectivity index (χ4n) is 2.23. The van der Waals surface area contributed by atoms with Gasteiger partial charge in [0.15, 0.2) is 0 Å². The Kier molecular flexibility index (Phi) is 6.30. The number of benzene rings is 1. The second-order valence-corrected chi connectivity index (χ2v) is 5.41. The van der Waals surface area contributed by atoms with Crippen LogP contribution >= 0.6 is 11.6 Å². The topological polar surface area (TPSA) is 50.4 Å². The van der Waals surface area contributed by atoms with Crippen molar-refractivity contribution in [3.63, 3.8) is 0 Å². The molecule has 1 aliphatic rings. The van der Waals surface area contributed by atoms with E-state index in [0.717, 1.165) is 31.5 Å². The van der Waals surface area contributed by atoms with Gasteiger partial charge in [0.25, 0.3) is 0 Å². The third-order valence-electron chi connectivity index (χ3n) is 3.34. The molecule has 1 aliphatic heterocycles. The lowest BCUT2D eigenvalue weighted by Gasteiger charge is -2.22. The van der Waals surface area contributed by atoms with Crippen LogP contribution in [0.5, 0.6) is 0 Å². The minimum Gasteiger partial charge on any atom is -0.376 e. The molecule has 0 radical (unpaired) electrons. The summed E-state index contributed by atoms with van der Waals surface area (Å²) in [7, 11) is 0. The van der Waals surface area contributed by atoms with Gasteiger partial charge in [-0.25, -0.2) is 0 Å². The molecular weight excluding hydrogens is 276 g/mol. The number of hydrogen-bond donors (Lipinski definition) is 2. The van der Waals surface area contributed by atoms with E-state index in [0.29, 0.717) is 30.7 Å². The Morgan fingerprint density at radius 1 is 1.30 bits per heavy atom. The van der Waals surface area contributed by atoms with E-state index in [9.17, 15) is 4.79 Å². The van der Waals surface area contributed by atoms with Crippen LogP contribution < -0.4 is 10.6 Å². The normalized spacial score (nSPS) is 16.1. The van der Waals surface area contributed by atoms with Crippen molar-refractivity contribution < 1.29 is 9.53 Å². The van der Waals surface area contributed by atoms with Crippen LogP contribution in [-0.4, -0.2) is 38.3 Å². The van der Waals surface area contributed by atoms with Crippen LogP contribution in [0.2, 0.25) is 5.02 Å². The molecule has 0 aromatic heterocycles. The Hall–Kier alpha value is -1.10. The molecule has 1 aromatic carbocycles. The third-order valence-corrected chi connectivity index (χ3v) is 3.59. The summed E-state index contributed by atoms with van der Waals surface area (Å²) in [6.07, 6.45) is 2.83. The Bertz CT molecular complexity index is 416. The maximum absolute atomic E-state index is 11.7. The lowest BCUT2D eigenvalue weighted by atomic mass is 10.1. The number of carbonyl (C=O) groups is 1. The Labute approximate surface area is 124 Å². The SMILES string of the molecule is O=C(Cc1ccc(Cl)cc1)NCCOC1CCNCC1. The van der Waals surface area contributed by atoms with Gasteiger partial charge in [0.1, 0.15) is 0 Å². The fraction of sp³-hybridized carbons (Fsp3) is 0.533. The van der Waals surface area contributed by atoms with Gasteiger partial charge in [0.05, 0.1) is 19.1 Å². The summed E-state index contributed by atoms with van der Waals surface area (Å²) < 4.78 is 5.73. The van der Waals surface area contributed by atoms with E-state index in [1.165, 1.54) is 0 Å². The molecule has 20 heavy (non-hydrogen) atoms. The Morgan fingerprint density at radius 2 is 2.00 bits per heavy atom. The van der Waals surface area contributed by atoms with E-state index in [4.69, 9.17) is 16.3 Å². The number of ether oxygens (including phenoxy) is 1. The Balaban J connectivity index is 1.59. The molecule has 0 spiro atoms. The molecule has 0 bridgehead atoms. The van der Waals surface area contributed by atoms with Crippen molar-refractivity contribution in [2.75, 3.05) is 26.2 Å². The summed E-state index contributed by atoms with van der Waals surface area (Å²) in [4.78, 5) is 11.7. The summed E-state index contributed by atoms with van der Waals surface area (Å²) in [5.41, 5.74) is 0.964. The highest BCUT2D eigenvalue weighted by atomic mass is 35.5. The average molecular weight is 297 g/mol. The van der Waals surface area contributed by atoms with Crippen molar-refractivity contribution in [2.24, 2.45) is 0 Å². The molecule has 110 valence electrons. The number of halogens is 1. The van der Waals surface area contributed by atoms with Crippen LogP contribution in [0.1, 0.15) is 18.4 Å². The number of amides is 1. The van der Waals surface area contributed by atoms with Crippen molar-refractivity contribution >= 4 is 17.5 Å². The summed E-state index contributed by atoms with van der Waals surface area (Å²) in [5.74, 6) is 0.0150. The number of hydrogen-bond acceptors (Lipinski definition) is 3. The van der Waals surface area contributed by atoms with E-state index < -0.39 is 0 Å². The minimum absolute atomic E-state index is 0.0150. The van der Waals surface area contributed by atoms with Gasteiger partial charge in [0, 0.05) is 11.6 Å². The van der Waals surface area contributed by atoms with E-state index >= 15 is 0 Å². The molecule has 1 saturated heterocycles. The van der Waals surface area contributed by atoms with Gasteiger partial charge in [-0.05, 0) is 43.6 Å². The molecule has 1 amide bonds. The van der Waals surface area contributed by atoms with Crippen LogP contribution in [0.15, 0.2) is 24.3 Å². The van der Waals surface area contributed by atoms with E-state index in [-0.39, 0.29) is 5.91 Å². The molecule has 0 aliphatic carbocycles. The van der Waals surface area contributed by atoms with Gasteiger partial charge in [-0.3, -0.25) is 4.79 Å². The van der Waals surface area contributed by atoms with E-state index in [1.807, 2.05) is 12.1 Å². The summed E-state index contributed by atoms with van der Waals surface area (Å²) in [6, 6.07) is 7.33. The molecule has 2 rings (SSSR count). The van der Waals surface area contributed by atoms with Gasteiger partial charge in [0.2, 0.25) is 5.91 Å². The highest BCUT2D eigenvalue weighted by Crippen LogP contribution is 2.10. The monoisotopic (exact) mass is 296 g/mol. The van der Waals surface area contributed by atoms with Crippen molar-refractivity contribution in [3.05, 3.63) is 34.9 Å². The molecule has 1 heterocycles. The second kappa shape index (κ2) is 8.25. The zero-order valence-corrected chi connectivity index (χ0v) is 12.3. The van der Waals surface area contributed by atoms with Crippen LogP contribution in [0.4, 0.5) is 0 Å². The van der Waals surface area contributed by atoms with Crippen molar-refractivity contribution in [3.8, 4) is 0 Å². The van der Waals surface area contributed by atoms with Crippen LogP contribution in [-0.2, 0) is 16.0 Å². The first-order valence-corrected chi connectivity index (χ1v) is 7.45. The molecule has 4 nitrogen and oxygen atoms in total. The maximum atomic E-state index is 11.7. The average Bonchev–Trinajstić information content (AvgIpc) is 2.47. The standard InChI is InChI=1S/C15H21ClN2O2/c16-13-3-1-12(2-4-13)11-15(19)18-9-10-20-14-5-7-17-8-6-14/h1-4,14,17H,5-11H2,(H,18,19). The van der Waals surface area contributed by atoms with Gasteiger partial charge in [-0.2, -0.15) is 0 Å². The molecule has 0 atom stereocenters. The summed E-state index contributed by atoms with van der Waals surface area (Å²) >= 11 is 5.80. The zero-order valence-electron chi connectivity index (χ0n) is 11.5. The van der Waals surface area contributed by atoms with Crippen LogP contribution in [0.25, 0.3) is 0 Å². The maximum Gasteiger partial charge on any atom is 0.224 e. The first-order valence-electron chi connectivity index (χ1n) is 7.07. The van der Waals surface area contributed by atoms with Crippen molar-refractivity contribution in [1.29, 1.82) is 0 Å². The van der Waals surface area contributed by atoms with Gasteiger partial charge >= 0.3 is 0 Å². The number of rotatable bonds is 6. The number of nitrogens with one attached hydrogen (secondary N) is 2. The minimum atomic E-state index is 0.0150. The fourth-order valence-corrected chi connectivity index (χ4v) is 2.35. The van der Waals surface area contributed by atoms with Crippen molar-refractivity contribution in [2.45, 2.75) is 25.4 Å². The molecular formula is C15H21ClN2O2. The lowest BCUT2D eigenvalue weighted by molar-refractivity contribution is -0.120. The largest absolute Gasteiger partial charge is 0.376 e. The van der Waals surface area contributed by atoms with Crippen molar-refractivity contribution in [1.82, 2.24) is 10.6 Å². The number of piperidine rings is 1. The second-order valence-electron chi connectivity index (χ2n) is 4.97. The van der Waals surface area contributed by atoms with Crippen LogP contribution in [0, 0.1) is 0 Å². The van der Waals surface area contributed by atoms with Gasteiger partial charge < -0.3 is 15.4 Å². The third kappa shape index (κ3) is 5.49. The molecule has 2 N–H and O–H groups in total. The molecule has 1 aromatic rings. The smallest absolute Gasteiger partial charge is 0.224 e. The molecule has 1 fully saturated rings. The zero-order chi connectivity index (χ0) is 14.2. The predicted molar refractivity (Wildman–Crippen MR) is 80.0 cm³/mol. The first kappa shape index (κ1) is 15.3. The predicted octanol–water partition coefficient (Wildman–Crippen LogP) is 1.77. The quantitative estimate of drug-likeness (QED) is 0.787. The lowest BCUT2D eigenvalue weighted by Crippen LogP contribution is -2.35. The molecule has 0 unspecified atom stereocenters. The molecule has 5 heteroatoms. The first-order chi connectivity index (χ1) is 9.74. The van der Waals surface area contributed by atoms with Gasteiger partial charge in [-0.1, -0.05) is 23.7 Å². The number of carbonyl (C=O) groups excluding carboxylic acids is 1. The summed E-state index contributed by atoms with van der Waals surface area (Å²) in [6.45, 7) is 3.19. The van der Waals surface area contributed by atoms with E-state index in [1.54, 1.807) is 12.1 Å². The van der Waals surface area contributed by atoms with Gasteiger partial charge in [-0.15, -0.1) is 0 Å². The van der Waals surface area contributed by atoms with E-state index in [2.05, 4.69) is 10.6 Å². The Morgan fingerprint density at radius 3 is 2.70 bits per heavy atom. The molecule has 0 saturated carbocycles.